The predicted molar refractivity (Wildman–Crippen MR) is 313 cm³/mol. The minimum Gasteiger partial charge on any atom is -0.496 e. The number of benzene rings is 4. The van der Waals surface area contributed by atoms with E-state index in [4.69, 9.17) is 59.4 Å². The fourth-order valence-corrected chi connectivity index (χ4v) is 11.2. The fourth-order valence-electron chi connectivity index (χ4n) is 8.89. The number of carbonyl (C=O) groups is 2. The van der Waals surface area contributed by atoms with Gasteiger partial charge in [0, 0.05) is 60.8 Å². The molecular weight excluding hydrogens is 1080 g/mol. The normalized spacial score (nSPS) is 13.7. The number of carbonyl (C=O) groups excluding carboxylic acids is 2. The number of rotatable bonds is 21. The second-order valence-electron chi connectivity index (χ2n) is 22.2. The van der Waals surface area contributed by atoms with E-state index in [2.05, 4.69) is 43.7 Å². The van der Waals surface area contributed by atoms with Crippen LogP contribution in [0, 0.1) is 12.7 Å². The smallest absolute Gasteiger partial charge is 0.410 e. The van der Waals surface area contributed by atoms with Crippen molar-refractivity contribution in [3.63, 3.8) is 0 Å². The molecule has 80 heavy (non-hydrogen) atoms. The number of halogens is 2. The van der Waals surface area contributed by atoms with E-state index in [1.54, 1.807) is 43.3 Å². The number of methoxy groups -OCH3 is 1. The van der Waals surface area contributed by atoms with Gasteiger partial charge in [-0.3, -0.25) is 4.90 Å². The summed E-state index contributed by atoms with van der Waals surface area (Å²) in [6.45, 7) is 24.6. The number of esters is 1. The van der Waals surface area contributed by atoms with Gasteiger partial charge in [-0.15, -0.1) is 11.3 Å². The molecule has 1 amide bonds. The highest BCUT2D eigenvalue weighted by molar-refractivity contribution is 7.22. The zero-order valence-electron chi connectivity index (χ0n) is 47.6. The topological polar surface area (TPSA) is 157 Å². The summed E-state index contributed by atoms with van der Waals surface area (Å²) in [5.74, 6) is 0.623. The van der Waals surface area contributed by atoms with Crippen LogP contribution >= 0.6 is 22.9 Å². The lowest BCUT2D eigenvalue weighted by molar-refractivity contribution is -0.151. The molecule has 1 saturated heterocycles. The molecule has 0 aliphatic carbocycles. The van der Waals surface area contributed by atoms with Gasteiger partial charge in [0.1, 0.15) is 40.7 Å². The Bertz CT molecular complexity index is 3290. The third kappa shape index (κ3) is 14.7. The van der Waals surface area contributed by atoms with Gasteiger partial charge in [-0.1, -0.05) is 80.9 Å². The van der Waals surface area contributed by atoms with E-state index in [1.807, 2.05) is 82.3 Å². The number of nitrogens with zero attached hydrogens (tertiary/aromatic N) is 6. The van der Waals surface area contributed by atoms with Crippen molar-refractivity contribution >= 4 is 53.5 Å². The summed E-state index contributed by atoms with van der Waals surface area (Å²) in [4.78, 5) is 52.5. The number of para-hydroxylation sites is 1. The molecule has 8 rings (SSSR count). The summed E-state index contributed by atoms with van der Waals surface area (Å²) >= 11 is 8.69. The highest BCUT2D eigenvalue weighted by atomic mass is 35.5. The Kier molecular flexibility index (Phi) is 19.3. The highest BCUT2D eigenvalue weighted by Gasteiger charge is 2.37. The van der Waals surface area contributed by atoms with Crippen molar-refractivity contribution in [3.05, 3.63) is 136 Å². The first-order chi connectivity index (χ1) is 38.1. The maximum atomic E-state index is 14.5. The third-order valence-electron chi connectivity index (χ3n) is 14.3. The molecule has 3 aromatic heterocycles. The summed E-state index contributed by atoms with van der Waals surface area (Å²) in [5.41, 5.74) is 5.74. The van der Waals surface area contributed by atoms with Gasteiger partial charge in [0.25, 0.3) is 0 Å². The van der Waals surface area contributed by atoms with E-state index in [-0.39, 0.29) is 42.9 Å². The van der Waals surface area contributed by atoms with Crippen LogP contribution in [0.5, 0.6) is 17.4 Å². The largest absolute Gasteiger partial charge is 0.496 e. The second kappa shape index (κ2) is 25.9. The maximum absolute atomic E-state index is 14.5. The number of hydrogen-bond acceptors (Lipinski definition) is 15. The monoisotopic (exact) mass is 1150 g/mol. The van der Waals surface area contributed by atoms with Crippen LogP contribution in [0.25, 0.3) is 43.2 Å². The first-order valence-electron chi connectivity index (χ1n) is 26.9. The Morgan fingerprint density at radius 3 is 2.36 bits per heavy atom. The van der Waals surface area contributed by atoms with Crippen LogP contribution in [0.15, 0.2) is 97.5 Å². The number of morpholine rings is 1. The van der Waals surface area contributed by atoms with Gasteiger partial charge >= 0.3 is 12.1 Å². The lowest BCUT2D eigenvalue weighted by Gasteiger charge is -2.36. The third-order valence-corrected chi connectivity index (χ3v) is 20.4. The number of thiophene rings is 1. The van der Waals surface area contributed by atoms with E-state index < -0.39 is 32.1 Å². The summed E-state index contributed by atoms with van der Waals surface area (Å²) in [7, 11) is -0.532. The Hall–Kier alpha value is -6.54. The molecule has 15 nitrogen and oxygen atoms in total. The minimum atomic E-state index is -2.13. The van der Waals surface area contributed by atoms with Gasteiger partial charge in [0.2, 0.25) is 12.0 Å². The quantitative estimate of drug-likeness (QED) is 0.0494. The van der Waals surface area contributed by atoms with Gasteiger partial charge in [-0.05, 0) is 123 Å². The van der Waals surface area contributed by atoms with Crippen LogP contribution in [0.2, 0.25) is 23.2 Å². The number of ether oxygens (including phenoxy) is 6. The van der Waals surface area contributed by atoms with Crippen molar-refractivity contribution in [1.82, 2.24) is 29.7 Å². The standard InChI is InChI=1S/C61H72ClFN6O9SSi/c1-12-74-58(70)50(77-56-52-51(54(79-57(52)66-38-65-56)41-18-21-44(63)22-19-41)46-23-20-42(53(62)39(46)2)36-76-80(10,11)61(6,7)8)34-43-33-40(35-69(59(71)78-60(3,4)5)28-27-68-29-31-73-32-30-68)17-24-48(43)75-37-45-25-26-64-55(67-45)47-15-13-14-16-49(47)72-9/h13-26,33,38,50H,12,27-32,34-37H2,1-11H3/t50-/m1/s1. The van der Waals surface area contributed by atoms with Crippen molar-refractivity contribution in [2.45, 2.75) is 111 Å². The van der Waals surface area contributed by atoms with Gasteiger partial charge in [-0.25, -0.2) is 33.9 Å². The molecule has 424 valence electrons. The predicted octanol–water partition coefficient (Wildman–Crippen LogP) is 13.3. The van der Waals surface area contributed by atoms with Crippen molar-refractivity contribution in [3.8, 4) is 50.3 Å². The molecule has 1 aliphatic rings. The average Bonchev–Trinajstić information content (AvgIpc) is 3.82. The lowest BCUT2D eigenvalue weighted by atomic mass is 9.94. The molecule has 1 aliphatic heterocycles. The van der Waals surface area contributed by atoms with Crippen molar-refractivity contribution in [2.24, 2.45) is 0 Å². The lowest BCUT2D eigenvalue weighted by Crippen LogP contribution is -2.44. The van der Waals surface area contributed by atoms with Crippen molar-refractivity contribution < 1.29 is 46.8 Å². The maximum Gasteiger partial charge on any atom is 0.410 e. The van der Waals surface area contributed by atoms with Crippen molar-refractivity contribution in [1.29, 1.82) is 0 Å². The van der Waals surface area contributed by atoms with E-state index in [1.165, 1.54) is 29.8 Å². The Labute approximate surface area is 478 Å². The zero-order valence-corrected chi connectivity index (χ0v) is 50.2. The van der Waals surface area contributed by atoms with Crippen LogP contribution in [-0.2, 0) is 49.6 Å². The molecule has 0 bridgehead atoms. The summed E-state index contributed by atoms with van der Waals surface area (Å²) in [5, 5.41) is 1.07. The molecule has 4 heterocycles. The number of amides is 1. The Morgan fingerprint density at radius 1 is 0.900 bits per heavy atom. The van der Waals surface area contributed by atoms with E-state index in [0.717, 1.165) is 51.3 Å². The highest BCUT2D eigenvalue weighted by Crippen LogP contribution is 2.49. The number of hydrogen-bond donors (Lipinski definition) is 0. The van der Waals surface area contributed by atoms with Crippen LogP contribution in [0.4, 0.5) is 9.18 Å². The van der Waals surface area contributed by atoms with Crippen LogP contribution < -0.4 is 14.2 Å². The minimum absolute atomic E-state index is 0.00424. The van der Waals surface area contributed by atoms with Gasteiger partial charge < -0.3 is 37.7 Å². The molecule has 4 aromatic carbocycles. The Morgan fingerprint density at radius 2 is 1.65 bits per heavy atom. The molecule has 1 atom stereocenters. The first kappa shape index (κ1) is 59.6. The van der Waals surface area contributed by atoms with Gasteiger partial charge in [-0.2, -0.15) is 0 Å². The first-order valence-corrected chi connectivity index (χ1v) is 31.0. The van der Waals surface area contributed by atoms with E-state index >= 15 is 0 Å². The SMILES string of the molecule is CCOC(=O)[C@@H](Cc1cc(CN(CCN2CCOCC2)C(=O)OC(C)(C)C)ccc1OCc1ccnc(-c2ccccc2OC)n1)Oc1ncnc2sc(-c3ccc(F)cc3)c(-c3ccc(CO[Si](C)(C)C(C)(C)C)c(Cl)c3C)c12. The molecule has 19 heteroatoms. The van der Waals surface area contributed by atoms with Gasteiger partial charge in [0.15, 0.2) is 14.1 Å². The molecule has 0 saturated carbocycles. The van der Waals surface area contributed by atoms with E-state index in [0.29, 0.717) is 82.3 Å². The average molecular weight is 1150 g/mol. The summed E-state index contributed by atoms with van der Waals surface area (Å²) in [6.07, 6.45) is 1.27. The molecule has 0 unspecified atom stereocenters. The van der Waals surface area contributed by atoms with E-state index in [9.17, 15) is 14.0 Å². The number of aromatic nitrogens is 4. The molecule has 0 spiro atoms. The molecular formula is C61H72ClFN6O9SSi. The zero-order chi connectivity index (χ0) is 57.4. The summed E-state index contributed by atoms with van der Waals surface area (Å²) in [6, 6.07) is 25.2. The molecule has 0 N–H and O–H groups in total. The second-order valence-corrected chi connectivity index (χ2v) is 28.3. The van der Waals surface area contributed by atoms with Crippen molar-refractivity contribution in [2.75, 3.05) is 53.1 Å². The molecule has 1 fully saturated rings. The van der Waals surface area contributed by atoms with Crippen LogP contribution in [0.3, 0.4) is 0 Å². The Balaban J connectivity index is 1.20. The van der Waals surface area contributed by atoms with Crippen LogP contribution in [-0.4, -0.2) is 115 Å². The fraction of sp³-hybridized carbons (Fsp3) is 0.410. The summed E-state index contributed by atoms with van der Waals surface area (Å²) < 4.78 is 57.6. The van der Waals surface area contributed by atoms with Crippen LogP contribution in [0.1, 0.15) is 76.4 Å². The number of fused-ring (bicyclic) bond motifs is 1. The molecule has 7 aromatic rings. The molecule has 0 radical (unpaired) electrons. The van der Waals surface area contributed by atoms with Gasteiger partial charge in [0.05, 0.1) is 50.2 Å².